The van der Waals surface area contributed by atoms with E-state index in [-0.39, 0.29) is 18.1 Å². The molecule has 0 fully saturated rings. The van der Waals surface area contributed by atoms with Crippen LogP contribution in [0.25, 0.3) is 11.3 Å². The number of carbonyl (C=O) groups excluding carboxylic acids is 1. The number of nitrogens with zero attached hydrogens (tertiary/aromatic N) is 3. The predicted molar refractivity (Wildman–Crippen MR) is 112 cm³/mol. The monoisotopic (exact) mass is 442 g/mol. The molecular weight excluding hydrogens is 426 g/mol. The number of hydrogen-bond donors (Lipinski definition) is 1. The Balaban J connectivity index is 1.55. The van der Waals surface area contributed by atoms with Gasteiger partial charge in [0.15, 0.2) is 11.5 Å². The number of aromatic nitrogens is 3. The van der Waals surface area contributed by atoms with Crippen LogP contribution in [0.5, 0.6) is 0 Å². The van der Waals surface area contributed by atoms with E-state index in [1.54, 1.807) is 24.6 Å². The fourth-order valence-electron chi connectivity index (χ4n) is 3.17. The van der Waals surface area contributed by atoms with Gasteiger partial charge in [-0.1, -0.05) is 22.8 Å². The average molecular weight is 443 g/mol. The number of benzene rings is 2. The molecule has 1 amide bonds. The van der Waals surface area contributed by atoms with Crippen LogP contribution in [0.1, 0.15) is 27.4 Å². The zero-order valence-corrected chi connectivity index (χ0v) is 17.4. The van der Waals surface area contributed by atoms with Gasteiger partial charge < -0.3 is 9.84 Å². The van der Waals surface area contributed by atoms with Crippen LogP contribution < -0.4 is 5.32 Å². The van der Waals surface area contributed by atoms with Gasteiger partial charge in [0, 0.05) is 22.2 Å². The number of amides is 1. The van der Waals surface area contributed by atoms with Gasteiger partial charge in [0.05, 0.1) is 23.6 Å². The van der Waals surface area contributed by atoms with E-state index >= 15 is 0 Å². The summed E-state index contributed by atoms with van der Waals surface area (Å²) < 4.78 is 34.0. The summed E-state index contributed by atoms with van der Waals surface area (Å²) >= 11 is 6.11. The lowest BCUT2D eigenvalue weighted by Crippen LogP contribution is -2.14. The minimum absolute atomic E-state index is 0.0584. The highest BCUT2D eigenvalue weighted by Gasteiger charge is 2.20. The van der Waals surface area contributed by atoms with Crippen LogP contribution in [0.2, 0.25) is 5.02 Å². The second-order valence-corrected chi connectivity index (χ2v) is 7.35. The third-order valence-corrected chi connectivity index (χ3v) is 5.22. The summed E-state index contributed by atoms with van der Waals surface area (Å²) in [5.74, 6) is -0.960. The summed E-state index contributed by atoms with van der Waals surface area (Å²) in [5, 5.41) is 11.3. The summed E-state index contributed by atoms with van der Waals surface area (Å²) in [6.45, 7) is 3.61. The molecule has 2 aromatic heterocycles. The van der Waals surface area contributed by atoms with Crippen molar-refractivity contribution in [2.24, 2.45) is 0 Å². The van der Waals surface area contributed by atoms with Crippen molar-refractivity contribution in [1.29, 1.82) is 0 Å². The van der Waals surface area contributed by atoms with Crippen molar-refractivity contribution in [3.05, 3.63) is 87.8 Å². The molecule has 0 unspecified atom stereocenters. The highest BCUT2D eigenvalue weighted by molar-refractivity contribution is 6.31. The molecule has 0 aliphatic carbocycles. The van der Waals surface area contributed by atoms with Crippen molar-refractivity contribution in [1.82, 2.24) is 14.9 Å². The quantitative estimate of drug-likeness (QED) is 0.450. The first-order valence-electron chi connectivity index (χ1n) is 9.34. The largest absolute Gasteiger partial charge is 0.355 e. The number of carbonyl (C=O) groups is 1. The minimum atomic E-state index is -0.494. The van der Waals surface area contributed by atoms with Gasteiger partial charge in [-0.15, -0.1) is 0 Å². The summed E-state index contributed by atoms with van der Waals surface area (Å²) in [5.41, 5.74) is 2.64. The zero-order chi connectivity index (χ0) is 22.1. The third-order valence-electron chi connectivity index (χ3n) is 4.86. The lowest BCUT2D eigenvalue weighted by molar-refractivity contribution is 0.101. The molecule has 0 bridgehead atoms. The standard InChI is InChI=1S/C22H17ClF2N4O2/c1-12-21(13(2)29(27-12)11-16-17(23)4-3-5-18(16)25)26-22(30)19-10-20(31-28-19)14-6-8-15(24)9-7-14/h3-10H,11H2,1-2H3,(H,26,30). The highest BCUT2D eigenvalue weighted by atomic mass is 35.5. The fourth-order valence-corrected chi connectivity index (χ4v) is 3.40. The lowest BCUT2D eigenvalue weighted by Gasteiger charge is -2.08. The van der Waals surface area contributed by atoms with Crippen LogP contribution in [0.4, 0.5) is 14.5 Å². The van der Waals surface area contributed by atoms with E-state index in [2.05, 4.69) is 15.6 Å². The maximum atomic E-state index is 14.1. The molecule has 1 N–H and O–H groups in total. The minimum Gasteiger partial charge on any atom is -0.355 e. The molecule has 31 heavy (non-hydrogen) atoms. The Labute approximate surface area is 181 Å². The molecule has 6 nitrogen and oxygen atoms in total. The van der Waals surface area contributed by atoms with Gasteiger partial charge in [0.2, 0.25) is 0 Å². The van der Waals surface area contributed by atoms with Crippen molar-refractivity contribution in [2.75, 3.05) is 5.32 Å². The molecule has 0 atom stereocenters. The van der Waals surface area contributed by atoms with E-state index in [9.17, 15) is 13.6 Å². The topological polar surface area (TPSA) is 73.0 Å². The first-order chi connectivity index (χ1) is 14.8. The van der Waals surface area contributed by atoms with Gasteiger partial charge in [-0.05, 0) is 50.2 Å². The number of hydrogen-bond acceptors (Lipinski definition) is 4. The number of nitrogens with one attached hydrogen (secondary N) is 1. The maximum absolute atomic E-state index is 14.1. The molecule has 4 rings (SSSR count). The van der Waals surface area contributed by atoms with E-state index in [0.717, 1.165) is 0 Å². The maximum Gasteiger partial charge on any atom is 0.277 e. The number of aryl methyl sites for hydroxylation is 1. The molecule has 0 saturated carbocycles. The van der Waals surface area contributed by atoms with Gasteiger partial charge in [0.1, 0.15) is 11.6 Å². The van der Waals surface area contributed by atoms with E-state index in [4.69, 9.17) is 16.1 Å². The zero-order valence-electron chi connectivity index (χ0n) is 16.6. The predicted octanol–water partition coefficient (Wildman–Crippen LogP) is 5.39. The van der Waals surface area contributed by atoms with Gasteiger partial charge in [-0.3, -0.25) is 9.48 Å². The summed E-state index contributed by atoms with van der Waals surface area (Å²) in [4.78, 5) is 12.7. The Morgan fingerprint density at radius 2 is 1.90 bits per heavy atom. The molecule has 4 aromatic rings. The van der Waals surface area contributed by atoms with Gasteiger partial charge in [-0.25, -0.2) is 8.78 Å². The summed E-state index contributed by atoms with van der Waals surface area (Å²) in [7, 11) is 0. The fraction of sp³-hybridized carbons (Fsp3) is 0.136. The Bertz CT molecular complexity index is 1250. The van der Waals surface area contributed by atoms with Crippen molar-refractivity contribution >= 4 is 23.2 Å². The Kier molecular flexibility index (Phi) is 5.56. The van der Waals surface area contributed by atoms with Crippen molar-refractivity contribution < 1.29 is 18.1 Å². The van der Waals surface area contributed by atoms with Crippen LogP contribution in [0, 0.1) is 25.5 Å². The first-order valence-corrected chi connectivity index (χ1v) is 9.72. The Morgan fingerprint density at radius 1 is 1.16 bits per heavy atom. The van der Waals surface area contributed by atoms with Crippen LogP contribution in [0.3, 0.4) is 0 Å². The van der Waals surface area contributed by atoms with E-state index in [1.165, 1.54) is 42.5 Å². The summed E-state index contributed by atoms with van der Waals surface area (Å²) in [6, 6.07) is 11.6. The molecule has 2 aromatic carbocycles. The molecular formula is C22H17ClF2N4O2. The van der Waals surface area contributed by atoms with Crippen LogP contribution in [-0.4, -0.2) is 20.8 Å². The molecule has 2 heterocycles. The first kappa shape index (κ1) is 20.7. The molecule has 0 saturated heterocycles. The average Bonchev–Trinajstić information content (AvgIpc) is 3.32. The van der Waals surface area contributed by atoms with Crippen LogP contribution >= 0.6 is 11.6 Å². The van der Waals surface area contributed by atoms with Gasteiger partial charge in [0.25, 0.3) is 5.91 Å². The molecule has 0 aliphatic heterocycles. The molecule has 0 spiro atoms. The van der Waals surface area contributed by atoms with Crippen LogP contribution in [0.15, 0.2) is 53.1 Å². The second kappa shape index (κ2) is 8.31. The lowest BCUT2D eigenvalue weighted by atomic mass is 10.1. The number of rotatable bonds is 5. The van der Waals surface area contributed by atoms with Crippen molar-refractivity contribution in [3.63, 3.8) is 0 Å². The Morgan fingerprint density at radius 3 is 2.61 bits per heavy atom. The van der Waals surface area contributed by atoms with E-state index < -0.39 is 11.7 Å². The Hall–Kier alpha value is -3.52. The highest BCUT2D eigenvalue weighted by Crippen LogP contribution is 2.26. The van der Waals surface area contributed by atoms with Crippen LogP contribution in [-0.2, 0) is 6.54 Å². The van der Waals surface area contributed by atoms with Gasteiger partial charge in [-0.2, -0.15) is 5.10 Å². The molecule has 9 heteroatoms. The molecule has 158 valence electrons. The smallest absolute Gasteiger partial charge is 0.277 e. The second-order valence-electron chi connectivity index (χ2n) is 6.94. The van der Waals surface area contributed by atoms with E-state index in [0.29, 0.717) is 39.0 Å². The summed E-state index contributed by atoms with van der Waals surface area (Å²) in [6.07, 6.45) is 0. The van der Waals surface area contributed by atoms with E-state index in [1.807, 2.05) is 0 Å². The SMILES string of the molecule is Cc1nn(Cc2c(F)cccc2Cl)c(C)c1NC(=O)c1cc(-c2ccc(F)cc2)on1. The molecule has 0 aliphatic rings. The third kappa shape index (κ3) is 4.20. The number of anilines is 1. The van der Waals surface area contributed by atoms with Crippen molar-refractivity contribution in [3.8, 4) is 11.3 Å². The number of halogens is 3. The molecule has 0 radical (unpaired) electrons. The van der Waals surface area contributed by atoms with Crippen molar-refractivity contribution in [2.45, 2.75) is 20.4 Å². The van der Waals surface area contributed by atoms with Gasteiger partial charge >= 0.3 is 0 Å². The normalized spacial score (nSPS) is 11.0.